The highest BCUT2D eigenvalue weighted by Crippen LogP contribution is 2.36. The summed E-state index contributed by atoms with van der Waals surface area (Å²) in [6.45, 7) is 3.24. The molecule has 0 aliphatic heterocycles. The molecule has 1 unspecified atom stereocenters. The third-order valence-electron chi connectivity index (χ3n) is 2.82. The largest absolute Gasteiger partial charge is 0.370 e. The summed E-state index contributed by atoms with van der Waals surface area (Å²) in [5.41, 5.74) is 2.43. The highest BCUT2D eigenvalue weighted by Gasteiger charge is 2.27. The Morgan fingerprint density at radius 3 is 3.07 bits per heavy atom. The molecule has 1 aromatic heterocycles. The maximum atomic E-state index is 5.23. The standard InChI is InChI=1S/C10H17N5/c1-7(8-2-3-8)6-13-9-4-5-12-10(14-9)15-11/h4-5,7-8H,2-3,6,11H2,1H3,(H2,12,13,14,15). The van der Waals surface area contributed by atoms with Crippen molar-refractivity contribution in [3.05, 3.63) is 12.3 Å². The predicted octanol–water partition coefficient (Wildman–Crippen LogP) is 1.22. The maximum Gasteiger partial charge on any atom is 0.239 e. The van der Waals surface area contributed by atoms with Crippen LogP contribution in [0.2, 0.25) is 0 Å². The van der Waals surface area contributed by atoms with Crippen LogP contribution in [0.15, 0.2) is 12.3 Å². The Kier molecular flexibility index (Phi) is 3.01. The summed E-state index contributed by atoms with van der Waals surface area (Å²) in [6, 6.07) is 1.85. The van der Waals surface area contributed by atoms with E-state index >= 15 is 0 Å². The van der Waals surface area contributed by atoms with Crippen molar-refractivity contribution in [1.29, 1.82) is 0 Å². The number of hydrazine groups is 1. The number of nitrogens with two attached hydrogens (primary N) is 1. The van der Waals surface area contributed by atoms with E-state index in [1.165, 1.54) is 12.8 Å². The Morgan fingerprint density at radius 2 is 2.40 bits per heavy atom. The van der Waals surface area contributed by atoms with Crippen LogP contribution in [0.4, 0.5) is 11.8 Å². The number of nitrogens with zero attached hydrogens (tertiary/aromatic N) is 2. The van der Waals surface area contributed by atoms with Gasteiger partial charge in [0.05, 0.1) is 0 Å². The zero-order valence-electron chi connectivity index (χ0n) is 8.90. The third-order valence-corrected chi connectivity index (χ3v) is 2.82. The molecular weight excluding hydrogens is 190 g/mol. The van der Waals surface area contributed by atoms with Crippen molar-refractivity contribution in [3.8, 4) is 0 Å². The molecule has 0 radical (unpaired) electrons. The molecule has 1 atom stereocenters. The normalized spacial score (nSPS) is 17.2. The summed E-state index contributed by atoms with van der Waals surface area (Å²) < 4.78 is 0. The van der Waals surface area contributed by atoms with E-state index in [-0.39, 0.29) is 0 Å². The second-order valence-electron chi connectivity index (χ2n) is 4.11. The number of rotatable bonds is 5. The highest BCUT2D eigenvalue weighted by atomic mass is 15.3. The first-order valence-corrected chi connectivity index (χ1v) is 5.33. The zero-order chi connectivity index (χ0) is 10.7. The number of nitrogens with one attached hydrogen (secondary N) is 2. The average molecular weight is 207 g/mol. The molecule has 0 bridgehead atoms. The molecule has 0 aromatic carbocycles. The lowest BCUT2D eigenvalue weighted by atomic mass is 10.1. The van der Waals surface area contributed by atoms with Crippen molar-refractivity contribution in [1.82, 2.24) is 9.97 Å². The van der Waals surface area contributed by atoms with Gasteiger partial charge in [0.15, 0.2) is 0 Å². The first kappa shape index (κ1) is 10.2. The van der Waals surface area contributed by atoms with Crippen LogP contribution in [0.1, 0.15) is 19.8 Å². The van der Waals surface area contributed by atoms with Crippen molar-refractivity contribution in [2.24, 2.45) is 17.7 Å². The van der Waals surface area contributed by atoms with Crippen molar-refractivity contribution < 1.29 is 0 Å². The van der Waals surface area contributed by atoms with Crippen LogP contribution in [0.3, 0.4) is 0 Å². The van der Waals surface area contributed by atoms with Gasteiger partial charge in [-0.05, 0) is 30.7 Å². The van der Waals surface area contributed by atoms with Crippen LogP contribution in [0.25, 0.3) is 0 Å². The van der Waals surface area contributed by atoms with E-state index in [0.29, 0.717) is 11.9 Å². The molecule has 1 aliphatic carbocycles. The van der Waals surface area contributed by atoms with Crippen molar-refractivity contribution in [2.45, 2.75) is 19.8 Å². The smallest absolute Gasteiger partial charge is 0.239 e. The number of nitrogen functional groups attached to an aromatic ring is 1. The van der Waals surface area contributed by atoms with E-state index < -0.39 is 0 Å². The number of hydrogen-bond donors (Lipinski definition) is 3. The van der Waals surface area contributed by atoms with E-state index in [1.54, 1.807) is 6.20 Å². The van der Waals surface area contributed by atoms with Crippen LogP contribution in [0.5, 0.6) is 0 Å². The van der Waals surface area contributed by atoms with Crippen LogP contribution in [-0.2, 0) is 0 Å². The third kappa shape index (κ3) is 2.79. The number of anilines is 2. The molecule has 82 valence electrons. The second kappa shape index (κ2) is 4.44. The van der Waals surface area contributed by atoms with Crippen LogP contribution >= 0.6 is 0 Å². The maximum absolute atomic E-state index is 5.23. The molecule has 1 aliphatic rings. The SMILES string of the molecule is CC(CNc1ccnc(NN)n1)C1CC1. The zero-order valence-corrected chi connectivity index (χ0v) is 8.90. The number of aromatic nitrogens is 2. The summed E-state index contributed by atoms with van der Waals surface area (Å²) in [7, 11) is 0. The minimum Gasteiger partial charge on any atom is -0.370 e. The lowest BCUT2D eigenvalue weighted by molar-refractivity contribution is 0.536. The van der Waals surface area contributed by atoms with E-state index in [0.717, 1.165) is 18.3 Å². The Morgan fingerprint density at radius 1 is 1.60 bits per heavy atom. The summed E-state index contributed by atoms with van der Waals surface area (Å²) in [5, 5.41) is 3.29. The van der Waals surface area contributed by atoms with E-state index in [9.17, 15) is 0 Å². The van der Waals surface area contributed by atoms with Crippen LogP contribution in [-0.4, -0.2) is 16.5 Å². The first-order valence-electron chi connectivity index (χ1n) is 5.33. The van der Waals surface area contributed by atoms with E-state index in [4.69, 9.17) is 5.84 Å². The van der Waals surface area contributed by atoms with Gasteiger partial charge in [0.1, 0.15) is 5.82 Å². The van der Waals surface area contributed by atoms with Crippen LogP contribution < -0.4 is 16.6 Å². The minimum atomic E-state index is 0.444. The summed E-state index contributed by atoms with van der Waals surface area (Å²) in [5.74, 6) is 8.12. The fourth-order valence-corrected chi connectivity index (χ4v) is 1.62. The van der Waals surface area contributed by atoms with Crippen molar-refractivity contribution >= 4 is 11.8 Å². The molecule has 0 saturated heterocycles. The second-order valence-corrected chi connectivity index (χ2v) is 4.11. The first-order chi connectivity index (χ1) is 7.29. The van der Waals surface area contributed by atoms with E-state index in [2.05, 4.69) is 27.6 Å². The van der Waals surface area contributed by atoms with Gasteiger partial charge in [0, 0.05) is 12.7 Å². The molecule has 5 nitrogen and oxygen atoms in total. The predicted molar refractivity (Wildman–Crippen MR) is 60.2 cm³/mol. The van der Waals surface area contributed by atoms with Gasteiger partial charge in [0.25, 0.3) is 0 Å². The highest BCUT2D eigenvalue weighted by molar-refractivity contribution is 5.38. The van der Waals surface area contributed by atoms with Gasteiger partial charge in [-0.2, -0.15) is 4.98 Å². The van der Waals surface area contributed by atoms with Gasteiger partial charge in [-0.3, -0.25) is 5.43 Å². The summed E-state index contributed by atoms with van der Waals surface area (Å²) in [4.78, 5) is 8.13. The molecule has 1 aromatic rings. The Hall–Kier alpha value is -1.36. The quantitative estimate of drug-likeness (QED) is 0.500. The number of hydrogen-bond acceptors (Lipinski definition) is 5. The van der Waals surface area contributed by atoms with Gasteiger partial charge in [0.2, 0.25) is 5.95 Å². The molecule has 1 saturated carbocycles. The van der Waals surface area contributed by atoms with Gasteiger partial charge in [-0.15, -0.1) is 0 Å². The Bertz CT molecular complexity index is 323. The average Bonchev–Trinajstić information content (AvgIpc) is 3.10. The fraction of sp³-hybridized carbons (Fsp3) is 0.600. The summed E-state index contributed by atoms with van der Waals surface area (Å²) >= 11 is 0. The molecule has 0 amide bonds. The van der Waals surface area contributed by atoms with Crippen molar-refractivity contribution in [3.63, 3.8) is 0 Å². The van der Waals surface area contributed by atoms with Crippen molar-refractivity contribution in [2.75, 3.05) is 17.3 Å². The Labute approximate surface area is 89.5 Å². The molecule has 1 heterocycles. The topological polar surface area (TPSA) is 75.9 Å². The minimum absolute atomic E-state index is 0.444. The molecule has 1 fully saturated rings. The molecule has 15 heavy (non-hydrogen) atoms. The van der Waals surface area contributed by atoms with Gasteiger partial charge in [-0.1, -0.05) is 6.92 Å². The lowest BCUT2D eigenvalue weighted by Crippen LogP contribution is -2.15. The van der Waals surface area contributed by atoms with Gasteiger partial charge < -0.3 is 5.32 Å². The van der Waals surface area contributed by atoms with Crippen LogP contribution in [0, 0.1) is 11.8 Å². The Balaban J connectivity index is 1.86. The van der Waals surface area contributed by atoms with Gasteiger partial charge >= 0.3 is 0 Å². The summed E-state index contributed by atoms with van der Waals surface area (Å²) in [6.07, 6.45) is 4.44. The van der Waals surface area contributed by atoms with Gasteiger partial charge in [-0.25, -0.2) is 10.8 Å². The molecular formula is C10H17N5. The monoisotopic (exact) mass is 207 g/mol. The lowest BCUT2D eigenvalue weighted by Gasteiger charge is -2.11. The molecule has 0 spiro atoms. The van der Waals surface area contributed by atoms with E-state index in [1.807, 2.05) is 6.07 Å². The fourth-order valence-electron chi connectivity index (χ4n) is 1.62. The molecule has 2 rings (SSSR count). The molecule has 5 heteroatoms. The molecule has 4 N–H and O–H groups in total.